The summed E-state index contributed by atoms with van der Waals surface area (Å²) < 4.78 is 2.16. The van der Waals surface area contributed by atoms with Crippen LogP contribution in [-0.4, -0.2) is 27.6 Å². The molecule has 0 aliphatic carbocycles. The Labute approximate surface area is 134 Å². The molecule has 0 saturated carbocycles. The Morgan fingerprint density at radius 1 is 1.23 bits per heavy atom. The van der Waals surface area contributed by atoms with Gasteiger partial charge in [0.05, 0.1) is 0 Å². The second-order valence-electron chi connectivity index (χ2n) is 5.75. The van der Waals surface area contributed by atoms with Crippen molar-refractivity contribution in [2.24, 2.45) is 5.92 Å². The van der Waals surface area contributed by atoms with E-state index in [2.05, 4.69) is 14.9 Å². The molecule has 3 aromatic rings. The largest absolute Gasteiger partial charge is 0.316 e. The third kappa shape index (κ3) is 2.49. The van der Waals surface area contributed by atoms with Crippen molar-refractivity contribution in [2.75, 3.05) is 13.1 Å². The molecular weight excluding hydrogens is 296 g/mol. The maximum atomic E-state index is 6.02. The van der Waals surface area contributed by atoms with E-state index < -0.39 is 0 Å². The molecule has 2 aromatic heterocycles. The molecular formula is C17H17ClN4. The maximum Gasteiger partial charge on any atom is 0.164 e. The highest BCUT2D eigenvalue weighted by atomic mass is 35.5. The first-order chi connectivity index (χ1) is 10.8. The van der Waals surface area contributed by atoms with E-state index in [9.17, 15) is 0 Å². The molecule has 1 N–H and O–H groups in total. The number of nitrogens with one attached hydrogen (secondary N) is 1. The highest BCUT2D eigenvalue weighted by Gasteiger charge is 2.20. The molecule has 1 aromatic carbocycles. The highest BCUT2D eigenvalue weighted by Crippen LogP contribution is 2.24. The molecule has 1 aliphatic rings. The third-order valence-electron chi connectivity index (χ3n) is 4.20. The van der Waals surface area contributed by atoms with E-state index in [1.165, 1.54) is 6.42 Å². The number of hydrogen-bond donors (Lipinski definition) is 1. The van der Waals surface area contributed by atoms with Gasteiger partial charge in [0.25, 0.3) is 0 Å². The van der Waals surface area contributed by atoms with Gasteiger partial charge < -0.3 is 5.32 Å². The molecule has 1 aliphatic heterocycles. The van der Waals surface area contributed by atoms with E-state index in [0.29, 0.717) is 5.92 Å². The molecule has 3 heterocycles. The standard InChI is InChI=1S/C17H17ClN4/c18-13-3-5-14(6-4-13)22-16(10-12-7-9-19-11-12)21-15-2-1-8-20-17(15)22/h1-6,8,12,19H,7,9-11H2. The summed E-state index contributed by atoms with van der Waals surface area (Å²) in [4.78, 5) is 9.34. The van der Waals surface area contributed by atoms with Crippen molar-refractivity contribution in [3.8, 4) is 5.69 Å². The van der Waals surface area contributed by atoms with E-state index in [-0.39, 0.29) is 0 Å². The number of rotatable bonds is 3. The van der Waals surface area contributed by atoms with Crippen molar-refractivity contribution in [2.45, 2.75) is 12.8 Å². The van der Waals surface area contributed by atoms with Crippen LogP contribution in [0.5, 0.6) is 0 Å². The van der Waals surface area contributed by atoms with Crippen molar-refractivity contribution in [3.05, 3.63) is 53.4 Å². The number of halogens is 1. The van der Waals surface area contributed by atoms with Crippen LogP contribution in [0, 0.1) is 5.92 Å². The van der Waals surface area contributed by atoms with E-state index in [0.717, 1.165) is 47.2 Å². The average Bonchev–Trinajstić information content (AvgIpc) is 3.16. The van der Waals surface area contributed by atoms with Gasteiger partial charge in [0.15, 0.2) is 5.65 Å². The van der Waals surface area contributed by atoms with E-state index >= 15 is 0 Å². The lowest BCUT2D eigenvalue weighted by atomic mass is 10.0. The lowest BCUT2D eigenvalue weighted by Crippen LogP contribution is -2.13. The minimum Gasteiger partial charge on any atom is -0.316 e. The quantitative estimate of drug-likeness (QED) is 0.807. The Kier molecular flexibility index (Phi) is 3.56. The molecule has 0 amide bonds. The van der Waals surface area contributed by atoms with Crippen LogP contribution in [-0.2, 0) is 6.42 Å². The summed E-state index contributed by atoms with van der Waals surface area (Å²) in [5.74, 6) is 1.72. The van der Waals surface area contributed by atoms with Gasteiger partial charge in [0.2, 0.25) is 0 Å². The second-order valence-corrected chi connectivity index (χ2v) is 6.19. The molecule has 1 unspecified atom stereocenters. The molecule has 1 fully saturated rings. The fraction of sp³-hybridized carbons (Fsp3) is 0.294. The third-order valence-corrected chi connectivity index (χ3v) is 4.46. The molecule has 4 nitrogen and oxygen atoms in total. The molecule has 5 heteroatoms. The van der Waals surface area contributed by atoms with Gasteiger partial charge in [-0.05, 0) is 61.8 Å². The monoisotopic (exact) mass is 312 g/mol. The average molecular weight is 313 g/mol. The predicted molar refractivity (Wildman–Crippen MR) is 88.6 cm³/mol. The van der Waals surface area contributed by atoms with Gasteiger partial charge in [0, 0.05) is 23.3 Å². The van der Waals surface area contributed by atoms with Gasteiger partial charge in [-0.1, -0.05) is 11.6 Å². The van der Waals surface area contributed by atoms with Gasteiger partial charge >= 0.3 is 0 Å². The zero-order valence-electron chi connectivity index (χ0n) is 12.2. The summed E-state index contributed by atoms with van der Waals surface area (Å²) in [7, 11) is 0. The number of hydrogen-bond acceptors (Lipinski definition) is 3. The summed E-state index contributed by atoms with van der Waals surface area (Å²) in [6.07, 6.45) is 3.99. The first-order valence-corrected chi connectivity index (χ1v) is 7.98. The number of imidazole rings is 1. The molecule has 22 heavy (non-hydrogen) atoms. The van der Waals surface area contributed by atoms with E-state index in [1.807, 2.05) is 42.6 Å². The van der Waals surface area contributed by atoms with E-state index in [1.54, 1.807) is 0 Å². The molecule has 0 spiro atoms. The molecule has 0 bridgehead atoms. The van der Waals surface area contributed by atoms with Crippen LogP contribution >= 0.6 is 11.6 Å². The van der Waals surface area contributed by atoms with Crippen LogP contribution in [0.2, 0.25) is 5.02 Å². The Morgan fingerprint density at radius 2 is 2.09 bits per heavy atom. The highest BCUT2D eigenvalue weighted by molar-refractivity contribution is 6.30. The van der Waals surface area contributed by atoms with Gasteiger partial charge in [-0.2, -0.15) is 0 Å². The van der Waals surface area contributed by atoms with Crippen molar-refractivity contribution in [3.63, 3.8) is 0 Å². The topological polar surface area (TPSA) is 42.7 Å². The van der Waals surface area contributed by atoms with Gasteiger partial charge in [-0.25, -0.2) is 9.97 Å². The number of pyridine rings is 1. The van der Waals surface area contributed by atoms with Crippen molar-refractivity contribution < 1.29 is 0 Å². The minimum atomic E-state index is 0.642. The summed E-state index contributed by atoms with van der Waals surface area (Å²) in [5.41, 5.74) is 2.91. The Morgan fingerprint density at radius 3 is 2.86 bits per heavy atom. The number of fused-ring (bicyclic) bond motifs is 1. The van der Waals surface area contributed by atoms with Crippen LogP contribution in [0.3, 0.4) is 0 Å². The first kappa shape index (κ1) is 13.7. The predicted octanol–water partition coefficient (Wildman–Crippen LogP) is 3.23. The summed E-state index contributed by atoms with van der Waals surface area (Å²) in [6.45, 7) is 2.17. The van der Waals surface area contributed by atoms with E-state index in [4.69, 9.17) is 16.6 Å². The fourth-order valence-electron chi connectivity index (χ4n) is 3.10. The minimum absolute atomic E-state index is 0.642. The smallest absolute Gasteiger partial charge is 0.164 e. The van der Waals surface area contributed by atoms with Crippen molar-refractivity contribution in [1.29, 1.82) is 0 Å². The van der Waals surface area contributed by atoms with Crippen LogP contribution < -0.4 is 5.32 Å². The fourth-order valence-corrected chi connectivity index (χ4v) is 3.23. The Bertz CT molecular complexity index is 788. The summed E-state index contributed by atoms with van der Waals surface area (Å²) >= 11 is 6.02. The zero-order chi connectivity index (χ0) is 14.9. The van der Waals surface area contributed by atoms with Gasteiger partial charge in [-0.15, -0.1) is 0 Å². The lowest BCUT2D eigenvalue weighted by molar-refractivity contribution is 0.558. The van der Waals surface area contributed by atoms with Crippen molar-refractivity contribution >= 4 is 22.8 Å². The Balaban J connectivity index is 1.83. The lowest BCUT2D eigenvalue weighted by Gasteiger charge is -2.11. The second kappa shape index (κ2) is 5.71. The van der Waals surface area contributed by atoms with Crippen molar-refractivity contribution in [1.82, 2.24) is 19.9 Å². The number of nitrogens with zero attached hydrogens (tertiary/aromatic N) is 3. The van der Waals surface area contributed by atoms with Crippen LogP contribution in [0.4, 0.5) is 0 Å². The molecule has 112 valence electrons. The molecule has 0 radical (unpaired) electrons. The SMILES string of the molecule is Clc1ccc(-n2c(CC3CCNC3)nc3cccnc32)cc1. The Hall–Kier alpha value is -1.91. The maximum absolute atomic E-state index is 6.02. The summed E-state index contributed by atoms with van der Waals surface area (Å²) in [5, 5.41) is 4.16. The first-order valence-electron chi connectivity index (χ1n) is 7.60. The number of aromatic nitrogens is 3. The van der Waals surface area contributed by atoms with Gasteiger partial charge in [-0.3, -0.25) is 4.57 Å². The van der Waals surface area contributed by atoms with Crippen LogP contribution in [0.1, 0.15) is 12.2 Å². The molecule has 4 rings (SSSR count). The normalized spacial score (nSPS) is 18.1. The number of benzene rings is 1. The van der Waals surface area contributed by atoms with Crippen LogP contribution in [0.25, 0.3) is 16.9 Å². The summed E-state index contributed by atoms with van der Waals surface area (Å²) in [6, 6.07) is 11.8. The van der Waals surface area contributed by atoms with Gasteiger partial charge in [0.1, 0.15) is 11.3 Å². The molecule has 1 saturated heterocycles. The zero-order valence-corrected chi connectivity index (χ0v) is 12.9. The van der Waals surface area contributed by atoms with Crippen LogP contribution in [0.15, 0.2) is 42.6 Å². The molecule has 1 atom stereocenters.